The van der Waals surface area contributed by atoms with Gasteiger partial charge in [0.2, 0.25) is 0 Å². The molecule has 0 rings (SSSR count). The fourth-order valence-corrected chi connectivity index (χ4v) is 1.10. The van der Waals surface area contributed by atoms with Crippen LogP contribution in [0.5, 0.6) is 0 Å². The SMILES string of the molecule is CC=CCCCCCC(=O)CC. The highest BCUT2D eigenvalue weighted by molar-refractivity contribution is 5.77. The number of carbonyl (C=O) groups is 1. The zero-order chi connectivity index (χ0) is 9.23. The first-order valence-corrected chi connectivity index (χ1v) is 4.94. The lowest BCUT2D eigenvalue weighted by Crippen LogP contribution is -1.93. The third-order valence-corrected chi connectivity index (χ3v) is 1.96. The van der Waals surface area contributed by atoms with E-state index < -0.39 is 0 Å². The second kappa shape index (κ2) is 8.51. The van der Waals surface area contributed by atoms with E-state index in [1.807, 2.05) is 13.8 Å². The molecule has 0 aliphatic heterocycles. The first kappa shape index (κ1) is 11.4. The second-order valence-electron chi connectivity index (χ2n) is 3.06. The van der Waals surface area contributed by atoms with Crippen molar-refractivity contribution in [2.75, 3.05) is 0 Å². The summed E-state index contributed by atoms with van der Waals surface area (Å²) in [5.74, 6) is 0.404. The van der Waals surface area contributed by atoms with Gasteiger partial charge in [0.1, 0.15) is 5.78 Å². The molecule has 0 spiro atoms. The van der Waals surface area contributed by atoms with Gasteiger partial charge in [-0.25, -0.2) is 0 Å². The van der Waals surface area contributed by atoms with Crippen molar-refractivity contribution in [3.8, 4) is 0 Å². The molecule has 0 heterocycles. The number of unbranched alkanes of at least 4 members (excludes halogenated alkanes) is 3. The van der Waals surface area contributed by atoms with Crippen LogP contribution in [0.3, 0.4) is 0 Å². The summed E-state index contributed by atoms with van der Waals surface area (Å²) < 4.78 is 0. The summed E-state index contributed by atoms with van der Waals surface area (Å²) >= 11 is 0. The molecule has 0 fully saturated rings. The summed E-state index contributed by atoms with van der Waals surface area (Å²) in [6, 6.07) is 0. The number of rotatable bonds is 7. The van der Waals surface area contributed by atoms with Crippen LogP contribution in [-0.2, 0) is 4.79 Å². The van der Waals surface area contributed by atoms with E-state index in [1.165, 1.54) is 12.8 Å². The van der Waals surface area contributed by atoms with Crippen LogP contribution in [0.4, 0.5) is 0 Å². The Morgan fingerprint density at radius 3 is 2.58 bits per heavy atom. The lowest BCUT2D eigenvalue weighted by molar-refractivity contribution is -0.118. The molecular formula is C11H20O. The molecule has 0 bridgehead atoms. The van der Waals surface area contributed by atoms with Crippen molar-refractivity contribution in [3.05, 3.63) is 12.2 Å². The molecule has 0 amide bonds. The monoisotopic (exact) mass is 168 g/mol. The minimum atomic E-state index is 0.404. The number of allylic oxidation sites excluding steroid dienone is 2. The standard InChI is InChI=1S/C11H20O/c1-3-5-6-7-8-9-10-11(12)4-2/h3,5H,4,6-10H2,1-2H3. The van der Waals surface area contributed by atoms with Crippen LogP contribution in [0.1, 0.15) is 52.4 Å². The van der Waals surface area contributed by atoms with Crippen molar-refractivity contribution >= 4 is 5.78 Å². The summed E-state index contributed by atoms with van der Waals surface area (Å²) in [5, 5.41) is 0. The van der Waals surface area contributed by atoms with E-state index in [2.05, 4.69) is 12.2 Å². The number of ketones is 1. The maximum absolute atomic E-state index is 10.9. The van der Waals surface area contributed by atoms with Crippen LogP contribution in [0.15, 0.2) is 12.2 Å². The van der Waals surface area contributed by atoms with Crippen molar-refractivity contribution in [2.24, 2.45) is 0 Å². The molecule has 0 saturated carbocycles. The Kier molecular flexibility index (Phi) is 8.09. The van der Waals surface area contributed by atoms with Crippen LogP contribution < -0.4 is 0 Å². The highest BCUT2D eigenvalue weighted by Crippen LogP contribution is 2.04. The Hall–Kier alpha value is -0.590. The smallest absolute Gasteiger partial charge is 0.132 e. The minimum absolute atomic E-state index is 0.404. The predicted octanol–water partition coefficient (Wildman–Crippen LogP) is 3.49. The highest BCUT2D eigenvalue weighted by Gasteiger charge is 1.96. The first-order chi connectivity index (χ1) is 5.81. The average molecular weight is 168 g/mol. The molecular weight excluding hydrogens is 148 g/mol. The third-order valence-electron chi connectivity index (χ3n) is 1.96. The van der Waals surface area contributed by atoms with Gasteiger partial charge in [-0.3, -0.25) is 4.79 Å². The van der Waals surface area contributed by atoms with Gasteiger partial charge in [-0.2, -0.15) is 0 Å². The van der Waals surface area contributed by atoms with E-state index in [-0.39, 0.29) is 0 Å². The number of hydrogen-bond donors (Lipinski definition) is 0. The van der Waals surface area contributed by atoms with Gasteiger partial charge in [0, 0.05) is 12.8 Å². The van der Waals surface area contributed by atoms with E-state index in [4.69, 9.17) is 0 Å². The lowest BCUT2D eigenvalue weighted by atomic mass is 10.1. The average Bonchev–Trinajstić information content (AvgIpc) is 2.10. The van der Waals surface area contributed by atoms with Gasteiger partial charge < -0.3 is 0 Å². The Morgan fingerprint density at radius 1 is 1.25 bits per heavy atom. The normalized spacial score (nSPS) is 10.8. The molecule has 70 valence electrons. The molecule has 0 saturated heterocycles. The Labute approximate surface area is 75.9 Å². The van der Waals surface area contributed by atoms with Gasteiger partial charge in [-0.15, -0.1) is 0 Å². The molecule has 0 aliphatic carbocycles. The lowest BCUT2D eigenvalue weighted by Gasteiger charge is -1.96. The summed E-state index contributed by atoms with van der Waals surface area (Å²) in [7, 11) is 0. The van der Waals surface area contributed by atoms with Gasteiger partial charge in [0.25, 0.3) is 0 Å². The molecule has 0 unspecified atom stereocenters. The van der Waals surface area contributed by atoms with Gasteiger partial charge >= 0.3 is 0 Å². The molecule has 0 aromatic rings. The van der Waals surface area contributed by atoms with Gasteiger partial charge in [-0.05, 0) is 26.2 Å². The zero-order valence-electron chi connectivity index (χ0n) is 8.31. The Balaban J connectivity index is 3.05. The number of carbonyl (C=O) groups excluding carboxylic acids is 1. The molecule has 0 N–H and O–H groups in total. The largest absolute Gasteiger partial charge is 0.300 e. The Morgan fingerprint density at radius 2 is 2.00 bits per heavy atom. The number of hydrogen-bond acceptors (Lipinski definition) is 1. The van der Waals surface area contributed by atoms with E-state index in [0.29, 0.717) is 12.2 Å². The fraction of sp³-hybridized carbons (Fsp3) is 0.727. The topological polar surface area (TPSA) is 17.1 Å². The van der Waals surface area contributed by atoms with Crippen molar-refractivity contribution in [2.45, 2.75) is 52.4 Å². The van der Waals surface area contributed by atoms with Crippen molar-refractivity contribution in [3.63, 3.8) is 0 Å². The van der Waals surface area contributed by atoms with Gasteiger partial charge in [0.05, 0.1) is 0 Å². The van der Waals surface area contributed by atoms with Gasteiger partial charge in [-0.1, -0.05) is 25.5 Å². The molecule has 0 radical (unpaired) electrons. The van der Waals surface area contributed by atoms with Crippen molar-refractivity contribution in [1.29, 1.82) is 0 Å². The molecule has 1 nitrogen and oxygen atoms in total. The molecule has 1 heteroatoms. The van der Waals surface area contributed by atoms with E-state index in [9.17, 15) is 4.79 Å². The molecule has 0 atom stereocenters. The predicted molar refractivity (Wildman–Crippen MR) is 53.2 cm³/mol. The summed E-state index contributed by atoms with van der Waals surface area (Å²) in [4.78, 5) is 10.9. The van der Waals surface area contributed by atoms with Crippen LogP contribution in [-0.4, -0.2) is 5.78 Å². The molecule has 12 heavy (non-hydrogen) atoms. The minimum Gasteiger partial charge on any atom is -0.300 e. The summed E-state index contributed by atoms with van der Waals surface area (Å²) in [6.45, 7) is 3.97. The quantitative estimate of drug-likeness (QED) is 0.420. The van der Waals surface area contributed by atoms with Gasteiger partial charge in [0.15, 0.2) is 0 Å². The second-order valence-corrected chi connectivity index (χ2v) is 3.06. The van der Waals surface area contributed by atoms with E-state index in [0.717, 1.165) is 19.3 Å². The van der Waals surface area contributed by atoms with Crippen molar-refractivity contribution in [1.82, 2.24) is 0 Å². The van der Waals surface area contributed by atoms with Crippen LogP contribution in [0, 0.1) is 0 Å². The van der Waals surface area contributed by atoms with Crippen LogP contribution in [0.25, 0.3) is 0 Å². The van der Waals surface area contributed by atoms with Crippen molar-refractivity contribution < 1.29 is 4.79 Å². The first-order valence-electron chi connectivity index (χ1n) is 4.94. The third kappa shape index (κ3) is 7.52. The molecule has 0 aliphatic rings. The molecule has 0 aromatic carbocycles. The zero-order valence-corrected chi connectivity index (χ0v) is 8.31. The molecule has 0 aromatic heterocycles. The van der Waals surface area contributed by atoms with E-state index in [1.54, 1.807) is 0 Å². The van der Waals surface area contributed by atoms with Crippen LogP contribution >= 0.6 is 0 Å². The fourth-order valence-electron chi connectivity index (χ4n) is 1.10. The summed E-state index contributed by atoms with van der Waals surface area (Å²) in [6.07, 6.45) is 10.4. The maximum Gasteiger partial charge on any atom is 0.132 e. The highest BCUT2D eigenvalue weighted by atomic mass is 16.1. The number of Topliss-reactive ketones (excluding diaryl/α,β-unsaturated/α-hetero) is 1. The Bertz CT molecular complexity index is 136. The maximum atomic E-state index is 10.9. The summed E-state index contributed by atoms with van der Waals surface area (Å²) in [5.41, 5.74) is 0. The van der Waals surface area contributed by atoms with Crippen LogP contribution in [0.2, 0.25) is 0 Å². The van der Waals surface area contributed by atoms with E-state index >= 15 is 0 Å².